The summed E-state index contributed by atoms with van der Waals surface area (Å²) in [4.78, 5) is 36.9. The van der Waals surface area contributed by atoms with Gasteiger partial charge in [-0.3, -0.25) is 14.5 Å². The van der Waals surface area contributed by atoms with Crippen LogP contribution in [0.15, 0.2) is 53.7 Å². The molecule has 0 bridgehead atoms. The van der Waals surface area contributed by atoms with Gasteiger partial charge in [-0.25, -0.2) is 9.97 Å². The number of ether oxygens (including phenoxy) is 2. The number of anilines is 1. The third kappa shape index (κ3) is 3.61. The van der Waals surface area contributed by atoms with Gasteiger partial charge in [-0.1, -0.05) is 12.1 Å². The molecule has 1 aromatic carbocycles. The lowest BCUT2D eigenvalue weighted by atomic mass is 9.96. The third-order valence-electron chi connectivity index (χ3n) is 6.18. The van der Waals surface area contributed by atoms with E-state index >= 15 is 0 Å². The first-order valence-corrected chi connectivity index (χ1v) is 12.2. The number of hydrogen-bond acceptors (Lipinski definition) is 8. The first kappa shape index (κ1) is 23.6. The van der Waals surface area contributed by atoms with Crippen LogP contribution in [0.5, 0.6) is 11.5 Å². The number of amides is 1. The number of aryl methyl sites for hydroxylation is 2. The van der Waals surface area contributed by atoms with Gasteiger partial charge in [0.2, 0.25) is 0 Å². The third-order valence-corrected chi connectivity index (χ3v) is 6.95. The quantitative estimate of drug-likeness (QED) is 0.235. The predicted octanol–water partition coefficient (Wildman–Crippen LogP) is 4.44. The number of aliphatic hydroxyl groups is 1. The highest BCUT2D eigenvalue weighted by molar-refractivity contribution is 7.14. The van der Waals surface area contributed by atoms with E-state index in [0.29, 0.717) is 40.1 Å². The molecule has 1 unspecified atom stereocenters. The van der Waals surface area contributed by atoms with Gasteiger partial charge in [0.25, 0.3) is 5.78 Å². The standard InChI is InChI=1S/C26H24N4O5S/c1-5-35-17-9-8-16(13-18(17)34-4)21-19(23(32)25(33)30(21)26-27-10-12-36-26)22(31)20-15(3)29-11-6-7-14(2)24(29)28-20/h6-13,21,31H,5H2,1-4H3/b22-19+. The first-order chi connectivity index (χ1) is 17.4. The fraction of sp³-hybridized carbons (Fsp3) is 0.231. The van der Waals surface area contributed by atoms with Crippen molar-refractivity contribution >= 4 is 39.6 Å². The summed E-state index contributed by atoms with van der Waals surface area (Å²) >= 11 is 1.23. The van der Waals surface area contributed by atoms with Gasteiger partial charge in [-0.05, 0) is 50.1 Å². The molecule has 0 radical (unpaired) electrons. The Kier molecular flexibility index (Phi) is 5.97. The molecular formula is C26H24N4O5S. The molecule has 1 N–H and O–H groups in total. The number of fused-ring (bicyclic) bond motifs is 1. The number of Topliss-reactive ketones (excluding diaryl/α,β-unsaturated/α-hetero) is 1. The Morgan fingerprint density at radius 2 is 2.00 bits per heavy atom. The van der Waals surface area contributed by atoms with Crippen LogP contribution < -0.4 is 14.4 Å². The molecule has 0 spiro atoms. The van der Waals surface area contributed by atoms with E-state index in [9.17, 15) is 14.7 Å². The van der Waals surface area contributed by atoms with E-state index in [-0.39, 0.29) is 17.0 Å². The van der Waals surface area contributed by atoms with Crippen molar-refractivity contribution in [2.45, 2.75) is 26.8 Å². The number of aliphatic hydroxyl groups excluding tert-OH is 1. The Hall–Kier alpha value is -4.18. The molecule has 1 amide bonds. The maximum Gasteiger partial charge on any atom is 0.301 e. The topological polar surface area (TPSA) is 106 Å². The van der Waals surface area contributed by atoms with Crippen LogP contribution in [0.3, 0.4) is 0 Å². The van der Waals surface area contributed by atoms with Crippen LogP contribution in [-0.2, 0) is 9.59 Å². The van der Waals surface area contributed by atoms with Crippen LogP contribution in [0.2, 0.25) is 0 Å². The normalized spacial score (nSPS) is 17.2. The van der Waals surface area contributed by atoms with Crippen LogP contribution in [0.1, 0.15) is 35.5 Å². The van der Waals surface area contributed by atoms with Crippen molar-refractivity contribution in [2.75, 3.05) is 18.6 Å². The predicted molar refractivity (Wildman–Crippen MR) is 136 cm³/mol. The van der Waals surface area contributed by atoms with Gasteiger partial charge in [0.05, 0.1) is 31.0 Å². The van der Waals surface area contributed by atoms with Gasteiger partial charge in [0, 0.05) is 17.8 Å². The van der Waals surface area contributed by atoms with Crippen molar-refractivity contribution in [3.63, 3.8) is 0 Å². The summed E-state index contributed by atoms with van der Waals surface area (Å²) < 4.78 is 13.0. The molecule has 5 rings (SSSR count). The van der Waals surface area contributed by atoms with E-state index in [2.05, 4.69) is 9.97 Å². The monoisotopic (exact) mass is 504 g/mol. The minimum Gasteiger partial charge on any atom is -0.505 e. The lowest BCUT2D eigenvalue weighted by molar-refractivity contribution is -0.132. The number of nitrogens with zero attached hydrogens (tertiary/aromatic N) is 4. The van der Waals surface area contributed by atoms with Crippen molar-refractivity contribution in [1.82, 2.24) is 14.4 Å². The highest BCUT2D eigenvalue weighted by atomic mass is 32.1. The molecule has 1 aliphatic rings. The van der Waals surface area contributed by atoms with Gasteiger partial charge in [-0.2, -0.15) is 0 Å². The molecule has 0 saturated carbocycles. The Morgan fingerprint density at radius 1 is 1.19 bits per heavy atom. The van der Waals surface area contributed by atoms with Gasteiger partial charge < -0.3 is 19.0 Å². The molecule has 1 aliphatic heterocycles. The lowest BCUT2D eigenvalue weighted by Crippen LogP contribution is -2.29. The molecule has 4 aromatic rings. The Balaban J connectivity index is 1.75. The maximum atomic E-state index is 13.4. The van der Waals surface area contributed by atoms with E-state index in [1.807, 2.05) is 36.6 Å². The number of ketones is 1. The Morgan fingerprint density at radius 3 is 2.67 bits per heavy atom. The zero-order chi connectivity index (χ0) is 25.6. The van der Waals surface area contributed by atoms with Crippen molar-refractivity contribution in [3.05, 3.63) is 76.2 Å². The van der Waals surface area contributed by atoms with Gasteiger partial charge >= 0.3 is 5.91 Å². The zero-order valence-corrected chi connectivity index (χ0v) is 21.0. The maximum absolute atomic E-state index is 13.4. The number of aromatic nitrogens is 3. The van der Waals surface area contributed by atoms with E-state index < -0.39 is 17.7 Å². The first-order valence-electron chi connectivity index (χ1n) is 11.3. The van der Waals surface area contributed by atoms with E-state index in [1.165, 1.54) is 23.3 Å². The van der Waals surface area contributed by atoms with Crippen molar-refractivity contribution in [1.29, 1.82) is 0 Å². The molecule has 0 aliphatic carbocycles. The second-order valence-electron chi connectivity index (χ2n) is 8.26. The summed E-state index contributed by atoms with van der Waals surface area (Å²) in [6.07, 6.45) is 3.40. The average Bonchev–Trinajstić information content (AvgIpc) is 3.58. The van der Waals surface area contributed by atoms with Crippen LogP contribution in [0.25, 0.3) is 11.4 Å². The van der Waals surface area contributed by atoms with Gasteiger partial charge in [0.1, 0.15) is 11.3 Å². The van der Waals surface area contributed by atoms with Crippen molar-refractivity contribution in [2.24, 2.45) is 0 Å². The molecule has 10 heteroatoms. The average molecular weight is 505 g/mol. The second-order valence-corrected chi connectivity index (χ2v) is 9.13. The van der Waals surface area contributed by atoms with Crippen molar-refractivity contribution in [3.8, 4) is 11.5 Å². The number of pyridine rings is 1. The number of methoxy groups -OCH3 is 1. The number of benzene rings is 1. The summed E-state index contributed by atoms with van der Waals surface area (Å²) in [6.45, 7) is 6.03. The lowest BCUT2D eigenvalue weighted by Gasteiger charge is -2.23. The minimum atomic E-state index is -0.939. The van der Waals surface area contributed by atoms with Crippen LogP contribution in [-0.4, -0.2) is 44.9 Å². The van der Waals surface area contributed by atoms with Gasteiger partial charge in [0.15, 0.2) is 22.4 Å². The molecule has 9 nitrogen and oxygen atoms in total. The van der Waals surface area contributed by atoms with Crippen LogP contribution in [0.4, 0.5) is 5.13 Å². The number of thiazole rings is 1. The molecule has 4 heterocycles. The Labute approximate surface area is 211 Å². The molecule has 1 fully saturated rings. The number of imidazole rings is 1. The highest BCUT2D eigenvalue weighted by Gasteiger charge is 2.48. The molecule has 1 atom stereocenters. The Bertz CT molecular complexity index is 1520. The summed E-state index contributed by atoms with van der Waals surface area (Å²) in [7, 11) is 1.52. The number of carbonyl (C=O) groups excluding carboxylic acids is 2. The number of rotatable bonds is 6. The van der Waals surface area contributed by atoms with Crippen LogP contribution >= 0.6 is 11.3 Å². The number of carbonyl (C=O) groups is 2. The summed E-state index contributed by atoms with van der Waals surface area (Å²) in [5.74, 6) is -0.957. The summed E-state index contributed by atoms with van der Waals surface area (Å²) in [6, 6.07) is 8.03. The fourth-order valence-corrected chi connectivity index (χ4v) is 5.15. The minimum absolute atomic E-state index is 0.0643. The van der Waals surface area contributed by atoms with Crippen LogP contribution in [0, 0.1) is 13.8 Å². The second kappa shape index (κ2) is 9.12. The summed E-state index contributed by atoms with van der Waals surface area (Å²) in [5, 5.41) is 13.6. The zero-order valence-electron chi connectivity index (χ0n) is 20.2. The largest absolute Gasteiger partial charge is 0.505 e. The van der Waals surface area contributed by atoms with Gasteiger partial charge in [-0.15, -0.1) is 11.3 Å². The SMILES string of the molecule is CCOc1ccc(C2/C(=C(\O)c3nc4c(C)cccn4c3C)C(=O)C(=O)N2c2nccs2)cc1OC. The fourth-order valence-electron chi connectivity index (χ4n) is 4.48. The summed E-state index contributed by atoms with van der Waals surface area (Å²) in [5.41, 5.74) is 2.95. The molecule has 184 valence electrons. The molecule has 3 aromatic heterocycles. The molecular weight excluding hydrogens is 480 g/mol. The smallest absolute Gasteiger partial charge is 0.301 e. The van der Waals surface area contributed by atoms with E-state index in [4.69, 9.17) is 9.47 Å². The molecule has 36 heavy (non-hydrogen) atoms. The van der Waals surface area contributed by atoms with E-state index in [0.717, 1.165) is 5.56 Å². The van der Waals surface area contributed by atoms with Crippen molar-refractivity contribution < 1.29 is 24.2 Å². The highest BCUT2D eigenvalue weighted by Crippen LogP contribution is 2.44. The van der Waals surface area contributed by atoms with E-state index in [1.54, 1.807) is 36.7 Å². The molecule has 1 saturated heterocycles. The number of hydrogen-bond donors (Lipinski definition) is 1.